The number of imidazole rings is 1. The number of hydrogen-bond donors (Lipinski definition) is 1. The van der Waals surface area contributed by atoms with E-state index in [4.69, 9.17) is 11.6 Å². The van der Waals surface area contributed by atoms with Crippen LogP contribution in [-0.2, 0) is 10.6 Å². The Morgan fingerprint density at radius 2 is 2.64 bits per heavy atom. The van der Waals surface area contributed by atoms with Crippen LogP contribution < -0.4 is 0 Å². The van der Waals surface area contributed by atoms with Gasteiger partial charge >= 0.3 is 5.97 Å². The number of ether oxygens (including phenoxy) is 1. The fourth-order valence-electron chi connectivity index (χ4n) is 0.695. The molecule has 0 amide bonds. The van der Waals surface area contributed by atoms with Gasteiger partial charge in [-0.3, -0.25) is 0 Å². The monoisotopic (exact) mass is 174 g/mol. The van der Waals surface area contributed by atoms with Gasteiger partial charge in [-0.1, -0.05) is 0 Å². The van der Waals surface area contributed by atoms with Gasteiger partial charge in [0.15, 0.2) is 5.69 Å². The summed E-state index contributed by atoms with van der Waals surface area (Å²) < 4.78 is 4.46. The Kier molecular flexibility index (Phi) is 2.48. The molecule has 0 bridgehead atoms. The highest BCUT2D eigenvalue weighted by molar-refractivity contribution is 6.17. The van der Waals surface area contributed by atoms with Gasteiger partial charge in [-0.05, 0) is 0 Å². The number of nitrogens with one attached hydrogen (secondary N) is 1. The van der Waals surface area contributed by atoms with Gasteiger partial charge in [0.25, 0.3) is 0 Å². The normalized spacial score (nSPS) is 9.64. The molecule has 11 heavy (non-hydrogen) atoms. The number of alkyl halides is 1. The zero-order valence-corrected chi connectivity index (χ0v) is 6.68. The van der Waals surface area contributed by atoms with Crippen LogP contribution in [0.5, 0.6) is 0 Å². The van der Waals surface area contributed by atoms with Gasteiger partial charge in [0, 0.05) is 0 Å². The number of rotatable bonds is 2. The van der Waals surface area contributed by atoms with Gasteiger partial charge < -0.3 is 9.72 Å². The molecule has 4 nitrogen and oxygen atoms in total. The summed E-state index contributed by atoms with van der Waals surface area (Å²) in [6.07, 6.45) is 1.41. The van der Waals surface area contributed by atoms with E-state index in [9.17, 15) is 4.79 Å². The third-order valence-corrected chi connectivity index (χ3v) is 1.50. The number of carbonyl (C=O) groups is 1. The van der Waals surface area contributed by atoms with Crippen LogP contribution in [0.15, 0.2) is 6.33 Å². The molecule has 1 aromatic rings. The fraction of sp³-hybridized carbons (Fsp3) is 0.333. The summed E-state index contributed by atoms with van der Waals surface area (Å²) in [5.74, 6) is -0.244. The fourth-order valence-corrected chi connectivity index (χ4v) is 0.899. The highest BCUT2D eigenvalue weighted by Gasteiger charge is 2.12. The van der Waals surface area contributed by atoms with Crippen LogP contribution in [0.25, 0.3) is 0 Å². The third-order valence-electron chi connectivity index (χ3n) is 1.23. The zero-order chi connectivity index (χ0) is 8.27. The number of hydrogen-bond acceptors (Lipinski definition) is 3. The molecule has 1 aromatic heterocycles. The van der Waals surface area contributed by atoms with Crippen molar-refractivity contribution in [3.8, 4) is 0 Å². The second-order valence-electron chi connectivity index (χ2n) is 1.85. The highest BCUT2D eigenvalue weighted by atomic mass is 35.5. The third kappa shape index (κ3) is 1.51. The molecule has 1 heterocycles. The van der Waals surface area contributed by atoms with E-state index in [-0.39, 0.29) is 11.6 Å². The van der Waals surface area contributed by atoms with Gasteiger partial charge in [-0.25, -0.2) is 9.78 Å². The molecule has 0 aromatic carbocycles. The lowest BCUT2D eigenvalue weighted by atomic mass is 10.3. The topological polar surface area (TPSA) is 55.0 Å². The molecular formula is C6H7ClN2O2. The molecule has 0 fully saturated rings. The Hall–Kier alpha value is -1.03. The molecule has 0 saturated heterocycles. The van der Waals surface area contributed by atoms with Gasteiger partial charge in [0.05, 0.1) is 25.0 Å². The van der Waals surface area contributed by atoms with Crippen molar-refractivity contribution < 1.29 is 9.53 Å². The first-order chi connectivity index (χ1) is 5.29. The number of methoxy groups -OCH3 is 1. The lowest BCUT2D eigenvalue weighted by Gasteiger charge is -1.95. The molecule has 0 spiro atoms. The molecule has 0 aliphatic heterocycles. The largest absolute Gasteiger partial charge is 0.464 e. The zero-order valence-electron chi connectivity index (χ0n) is 5.93. The Morgan fingerprint density at radius 1 is 1.91 bits per heavy atom. The van der Waals surface area contributed by atoms with Gasteiger partial charge in [-0.15, -0.1) is 11.6 Å². The highest BCUT2D eigenvalue weighted by Crippen LogP contribution is 2.06. The maximum atomic E-state index is 10.9. The van der Waals surface area contributed by atoms with Crippen LogP contribution in [0.1, 0.15) is 16.2 Å². The van der Waals surface area contributed by atoms with Crippen molar-refractivity contribution in [2.75, 3.05) is 7.11 Å². The Balaban J connectivity index is 2.92. The van der Waals surface area contributed by atoms with Gasteiger partial charge in [0.1, 0.15) is 0 Å². The van der Waals surface area contributed by atoms with Gasteiger partial charge in [-0.2, -0.15) is 0 Å². The maximum Gasteiger partial charge on any atom is 0.358 e. The molecule has 0 radical (unpaired) electrons. The number of carbonyl (C=O) groups excluding carboxylic acids is 1. The molecule has 0 atom stereocenters. The maximum absolute atomic E-state index is 10.9. The number of halogens is 1. The first kappa shape index (κ1) is 8.07. The lowest BCUT2D eigenvalue weighted by molar-refractivity contribution is 0.0593. The van der Waals surface area contributed by atoms with Crippen LogP contribution >= 0.6 is 11.6 Å². The quantitative estimate of drug-likeness (QED) is 0.536. The van der Waals surface area contributed by atoms with Crippen LogP contribution in [0.4, 0.5) is 0 Å². The average molecular weight is 175 g/mol. The standard InChI is InChI=1S/C6H7ClN2O2/c1-11-6(10)5-4(2-7)8-3-9-5/h3H,2H2,1H3,(H,8,9). The number of aromatic amines is 1. The Labute approximate surface area is 68.5 Å². The van der Waals surface area contributed by atoms with E-state index in [1.54, 1.807) is 0 Å². The van der Waals surface area contributed by atoms with E-state index < -0.39 is 5.97 Å². The first-order valence-corrected chi connectivity index (χ1v) is 3.49. The SMILES string of the molecule is COC(=O)c1nc[nH]c1CCl. The predicted molar refractivity (Wildman–Crippen MR) is 39.5 cm³/mol. The molecule has 0 saturated carbocycles. The summed E-state index contributed by atoms with van der Waals surface area (Å²) in [6, 6.07) is 0. The van der Waals surface area contributed by atoms with Crippen molar-refractivity contribution >= 4 is 17.6 Å². The molecule has 0 aliphatic rings. The van der Waals surface area contributed by atoms with Crippen molar-refractivity contribution in [3.63, 3.8) is 0 Å². The predicted octanol–water partition coefficient (Wildman–Crippen LogP) is 0.935. The summed E-state index contributed by atoms with van der Waals surface area (Å²) >= 11 is 5.50. The van der Waals surface area contributed by atoms with E-state index in [0.29, 0.717) is 5.69 Å². The number of aromatic nitrogens is 2. The minimum Gasteiger partial charge on any atom is -0.464 e. The van der Waals surface area contributed by atoms with E-state index in [2.05, 4.69) is 14.7 Å². The summed E-state index contributed by atoms with van der Waals surface area (Å²) in [4.78, 5) is 17.4. The van der Waals surface area contributed by atoms with Crippen molar-refractivity contribution in [2.45, 2.75) is 5.88 Å². The molecule has 1 rings (SSSR count). The number of H-pyrrole nitrogens is 1. The first-order valence-electron chi connectivity index (χ1n) is 2.96. The Bertz CT molecular complexity index is 259. The van der Waals surface area contributed by atoms with E-state index >= 15 is 0 Å². The van der Waals surface area contributed by atoms with Crippen LogP contribution in [-0.4, -0.2) is 23.0 Å². The second-order valence-corrected chi connectivity index (χ2v) is 2.12. The molecule has 0 aliphatic carbocycles. The summed E-state index contributed by atoms with van der Waals surface area (Å²) in [7, 11) is 1.30. The molecular weight excluding hydrogens is 168 g/mol. The van der Waals surface area contributed by atoms with Crippen molar-refractivity contribution in [3.05, 3.63) is 17.7 Å². The Morgan fingerprint density at radius 3 is 3.18 bits per heavy atom. The number of nitrogens with zero attached hydrogens (tertiary/aromatic N) is 1. The summed E-state index contributed by atoms with van der Waals surface area (Å²) in [6.45, 7) is 0. The minimum atomic E-state index is -0.470. The van der Waals surface area contributed by atoms with E-state index in [1.165, 1.54) is 13.4 Å². The smallest absolute Gasteiger partial charge is 0.358 e. The molecule has 60 valence electrons. The average Bonchev–Trinajstić information content (AvgIpc) is 2.50. The molecule has 5 heteroatoms. The van der Waals surface area contributed by atoms with Gasteiger partial charge in [0.2, 0.25) is 0 Å². The van der Waals surface area contributed by atoms with Crippen molar-refractivity contribution in [1.29, 1.82) is 0 Å². The van der Waals surface area contributed by atoms with Crippen molar-refractivity contribution in [1.82, 2.24) is 9.97 Å². The van der Waals surface area contributed by atoms with E-state index in [0.717, 1.165) is 0 Å². The van der Waals surface area contributed by atoms with Crippen LogP contribution in [0.3, 0.4) is 0 Å². The van der Waals surface area contributed by atoms with Crippen LogP contribution in [0.2, 0.25) is 0 Å². The van der Waals surface area contributed by atoms with E-state index in [1.807, 2.05) is 0 Å². The molecule has 0 unspecified atom stereocenters. The second kappa shape index (κ2) is 3.39. The van der Waals surface area contributed by atoms with Crippen LogP contribution in [0, 0.1) is 0 Å². The minimum absolute atomic E-state index is 0.227. The molecule has 1 N–H and O–H groups in total. The summed E-state index contributed by atoms with van der Waals surface area (Å²) in [5, 5.41) is 0. The van der Waals surface area contributed by atoms with Crippen molar-refractivity contribution in [2.24, 2.45) is 0 Å². The number of esters is 1. The lowest BCUT2D eigenvalue weighted by Crippen LogP contribution is -2.04. The summed E-state index contributed by atoms with van der Waals surface area (Å²) in [5.41, 5.74) is 0.834.